The predicted molar refractivity (Wildman–Crippen MR) is 93.1 cm³/mol. The average Bonchev–Trinajstić information content (AvgIpc) is 2.55. The average molecular weight is 287 g/mol. The van der Waals surface area contributed by atoms with Crippen LogP contribution in [0.3, 0.4) is 0 Å². The van der Waals surface area contributed by atoms with Gasteiger partial charge in [-0.05, 0) is 49.2 Å². The lowest BCUT2D eigenvalue weighted by Gasteiger charge is -2.10. The van der Waals surface area contributed by atoms with Crippen molar-refractivity contribution < 1.29 is 4.74 Å². The van der Waals surface area contributed by atoms with E-state index in [4.69, 9.17) is 10.5 Å². The van der Waals surface area contributed by atoms with E-state index >= 15 is 0 Å². The number of nitrogens with two attached hydrogens (primary N) is 1. The number of para-hydroxylation sites is 1. The molecule has 0 unspecified atom stereocenters. The van der Waals surface area contributed by atoms with Gasteiger partial charge in [0, 0.05) is 0 Å². The van der Waals surface area contributed by atoms with Crippen LogP contribution in [0.1, 0.15) is 38.8 Å². The molecule has 2 heteroatoms. The first-order chi connectivity index (χ1) is 10.3. The zero-order valence-electron chi connectivity index (χ0n) is 14.0. The largest absolute Gasteiger partial charge is 0.457 e. The van der Waals surface area contributed by atoms with Gasteiger partial charge in [-0.25, -0.2) is 0 Å². The standard InChI is InChI=1S/C15H17NO.2C2H6/c1-12-11-13(9-10-16)7-8-15(12)17-14-5-3-2-4-6-14;2*1-2/h2-8,11H,9-10,16H2,1H3;2*1-2H3. The number of rotatable bonds is 4. The molecule has 0 fully saturated rings. The van der Waals surface area contributed by atoms with Crippen LogP contribution in [0.25, 0.3) is 0 Å². The molecule has 2 rings (SSSR count). The van der Waals surface area contributed by atoms with E-state index in [1.165, 1.54) is 5.56 Å². The van der Waals surface area contributed by atoms with E-state index in [1.54, 1.807) is 0 Å². The van der Waals surface area contributed by atoms with Crippen molar-refractivity contribution >= 4 is 0 Å². The lowest BCUT2D eigenvalue weighted by molar-refractivity contribution is 0.478. The molecule has 2 nitrogen and oxygen atoms in total. The molecule has 2 aromatic carbocycles. The number of ether oxygens (including phenoxy) is 1. The fraction of sp³-hybridized carbons (Fsp3) is 0.368. The SMILES string of the molecule is CC.CC.Cc1cc(CCN)ccc1Oc1ccccc1. The molecule has 0 spiro atoms. The van der Waals surface area contributed by atoms with Crippen molar-refractivity contribution in [2.24, 2.45) is 5.73 Å². The Morgan fingerprint density at radius 1 is 0.905 bits per heavy atom. The summed E-state index contributed by atoms with van der Waals surface area (Å²) in [6, 6.07) is 16.0. The van der Waals surface area contributed by atoms with Crippen LogP contribution in [0.5, 0.6) is 11.5 Å². The maximum Gasteiger partial charge on any atom is 0.130 e. The van der Waals surface area contributed by atoms with Gasteiger partial charge in [0.05, 0.1) is 0 Å². The smallest absolute Gasteiger partial charge is 0.130 e. The van der Waals surface area contributed by atoms with E-state index in [1.807, 2.05) is 64.1 Å². The highest BCUT2D eigenvalue weighted by Crippen LogP contribution is 2.25. The first kappa shape index (κ1) is 19.2. The second-order valence-corrected chi connectivity index (χ2v) is 4.05. The van der Waals surface area contributed by atoms with Gasteiger partial charge in [-0.15, -0.1) is 0 Å². The number of benzene rings is 2. The lowest BCUT2D eigenvalue weighted by Crippen LogP contribution is -2.02. The number of hydrogen-bond acceptors (Lipinski definition) is 2. The van der Waals surface area contributed by atoms with Gasteiger partial charge in [0.25, 0.3) is 0 Å². The molecule has 0 aromatic heterocycles. The van der Waals surface area contributed by atoms with E-state index < -0.39 is 0 Å². The predicted octanol–water partition coefficient (Wildman–Crippen LogP) is 5.34. The minimum absolute atomic E-state index is 0.679. The fourth-order valence-electron chi connectivity index (χ4n) is 1.76. The first-order valence-corrected chi connectivity index (χ1v) is 7.82. The highest BCUT2D eigenvalue weighted by Gasteiger charge is 2.02. The molecule has 2 aromatic rings. The molecule has 0 heterocycles. The first-order valence-electron chi connectivity index (χ1n) is 7.82. The molecule has 0 aliphatic heterocycles. The zero-order valence-corrected chi connectivity index (χ0v) is 14.0. The minimum Gasteiger partial charge on any atom is -0.457 e. The normalized spacial score (nSPS) is 8.86. The van der Waals surface area contributed by atoms with Crippen molar-refractivity contribution in [3.8, 4) is 11.5 Å². The van der Waals surface area contributed by atoms with Gasteiger partial charge in [-0.2, -0.15) is 0 Å². The Morgan fingerprint density at radius 3 is 2.05 bits per heavy atom. The van der Waals surface area contributed by atoms with Gasteiger partial charge in [0.1, 0.15) is 11.5 Å². The third kappa shape index (κ3) is 6.96. The van der Waals surface area contributed by atoms with Gasteiger partial charge in [-0.1, -0.05) is 58.0 Å². The molecular formula is C19H29NO. The zero-order chi connectivity index (χ0) is 16.1. The van der Waals surface area contributed by atoms with E-state index in [2.05, 4.69) is 19.1 Å². The second-order valence-electron chi connectivity index (χ2n) is 4.05. The Kier molecular flexibility index (Phi) is 11.0. The van der Waals surface area contributed by atoms with Crippen LogP contribution in [0.4, 0.5) is 0 Å². The van der Waals surface area contributed by atoms with Gasteiger partial charge < -0.3 is 10.5 Å². The monoisotopic (exact) mass is 287 g/mol. The van der Waals surface area contributed by atoms with Gasteiger partial charge in [-0.3, -0.25) is 0 Å². The fourth-order valence-corrected chi connectivity index (χ4v) is 1.76. The van der Waals surface area contributed by atoms with E-state index in [9.17, 15) is 0 Å². The minimum atomic E-state index is 0.679. The van der Waals surface area contributed by atoms with Gasteiger partial charge >= 0.3 is 0 Å². The summed E-state index contributed by atoms with van der Waals surface area (Å²) < 4.78 is 5.81. The van der Waals surface area contributed by atoms with Crippen LogP contribution in [0.2, 0.25) is 0 Å². The summed E-state index contributed by atoms with van der Waals surface area (Å²) in [7, 11) is 0. The van der Waals surface area contributed by atoms with Crippen molar-refractivity contribution in [1.82, 2.24) is 0 Å². The summed E-state index contributed by atoms with van der Waals surface area (Å²) >= 11 is 0. The third-order valence-electron chi connectivity index (χ3n) is 2.64. The topological polar surface area (TPSA) is 35.2 Å². The molecular weight excluding hydrogens is 258 g/mol. The summed E-state index contributed by atoms with van der Waals surface area (Å²) in [6.45, 7) is 10.7. The van der Waals surface area contributed by atoms with Crippen molar-refractivity contribution in [1.29, 1.82) is 0 Å². The summed E-state index contributed by atoms with van der Waals surface area (Å²) in [5.41, 5.74) is 7.93. The molecule has 0 bridgehead atoms. The summed E-state index contributed by atoms with van der Waals surface area (Å²) in [4.78, 5) is 0. The van der Waals surface area contributed by atoms with Crippen LogP contribution >= 0.6 is 0 Å². The van der Waals surface area contributed by atoms with Crippen LogP contribution in [-0.2, 0) is 6.42 Å². The molecule has 0 saturated heterocycles. The van der Waals surface area contributed by atoms with Crippen molar-refractivity contribution in [2.75, 3.05) is 6.54 Å². The van der Waals surface area contributed by atoms with Crippen molar-refractivity contribution in [3.05, 3.63) is 59.7 Å². The second kappa shape index (κ2) is 12.0. The Balaban J connectivity index is 0.000000921. The van der Waals surface area contributed by atoms with Crippen LogP contribution in [-0.4, -0.2) is 6.54 Å². The van der Waals surface area contributed by atoms with E-state index in [0.717, 1.165) is 23.5 Å². The summed E-state index contributed by atoms with van der Waals surface area (Å²) in [6.07, 6.45) is 0.909. The molecule has 116 valence electrons. The highest BCUT2D eigenvalue weighted by molar-refractivity contribution is 5.39. The number of aryl methyl sites for hydroxylation is 1. The van der Waals surface area contributed by atoms with E-state index in [-0.39, 0.29) is 0 Å². The van der Waals surface area contributed by atoms with Crippen LogP contribution in [0.15, 0.2) is 48.5 Å². The summed E-state index contributed by atoms with van der Waals surface area (Å²) in [5.74, 6) is 1.76. The maximum atomic E-state index is 5.81. The van der Waals surface area contributed by atoms with Crippen LogP contribution in [0, 0.1) is 6.92 Å². The molecule has 0 aliphatic carbocycles. The molecule has 0 aliphatic rings. The molecule has 0 radical (unpaired) electrons. The van der Waals surface area contributed by atoms with E-state index in [0.29, 0.717) is 6.54 Å². The Labute approximate surface area is 130 Å². The van der Waals surface area contributed by atoms with Gasteiger partial charge in [0.15, 0.2) is 0 Å². The summed E-state index contributed by atoms with van der Waals surface area (Å²) in [5, 5.41) is 0. The highest BCUT2D eigenvalue weighted by atomic mass is 16.5. The van der Waals surface area contributed by atoms with Gasteiger partial charge in [0.2, 0.25) is 0 Å². The Morgan fingerprint density at radius 2 is 1.52 bits per heavy atom. The Hall–Kier alpha value is -1.80. The molecule has 0 saturated carbocycles. The lowest BCUT2D eigenvalue weighted by atomic mass is 10.1. The van der Waals surface area contributed by atoms with Crippen LogP contribution < -0.4 is 10.5 Å². The molecule has 0 atom stereocenters. The number of hydrogen-bond donors (Lipinski definition) is 1. The van der Waals surface area contributed by atoms with Crippen molar-refractivity contribution in [3.63, 3.8) is 0 Å². The molecule has 2 N–H and O–H groups in total. The molecule has 0 amide bonds. The maximum absolute atomic E-state index is 5.81. The molecule has 21 heavy (non-hydrogen) atoms. The third-order valence-corrected chi connectivity index (χ3v) is 2.64. The Bertz CT molecular complexity index is 480. The quantitative estimate of drug-likeness (QED) is 0.823. The van der Waals surface area contributed by atoms with Crippen molar-refractivity contribution in [2.45, 2.75) is 41.0 Å².